The van der Waals surface area contributed by atoms with Gasteiger partial charge in [0.2, 0.25) is 0 Å². The first-order valence-electron chi connectivity index (χ1n) is 6.70. The molecule has 0 aromatic heterocycles. The van der Waals surface area contributed by atoms with Crippen LogP contribution in [0.15, 0.2) is 24.3 Å². The van der Waals surface area contributed by atoms with Gasteiger partial charge in [-0.3, -0.25) is 4.90 Å². The molecular formula is C14H20F3N3. The standard InChI is InChI=1S/C14H20F3N3/c1-13(18,20-8-6-19-7-9-20)10-11-2-4-12(5-3-11)14(15,16)17/h2-5,19H,6-10,18H2,1H3. The van der Waals surface area contributed by atoms with Crippen LogP contribution in [0.2, 0.25) is 0 Å². The van der Waals surface area contributed by atoms with Gasteiger partial charge in [-0.1, -0.05) is 12.1 Å². The molecule has 0 saturated carbocycles. The summed E-state index contributed by atoms with van der Waals surface area (Å²) in [6.45, 7) is 5.41. The van der Waals surface area contributed by atoms with Gasteiger partial charge in [0.05, 0.1) is 11.2 Å². The lowest BCUT2D eigenvalue weighted by molar-refractivity contribution is -0.137. The van der Waals surface area contributed by atoms with E-state index in [4.69, 9.17) is 5.73 Å². The number of hydrogen-bond donors (Lipinski definition) is 2. The van der Waals surface area contributed by atoms with Gasteiger partial charge in [-0.25, -0.2) is 0 Å². The summed E-state index contributed by atoms with van der Waals surface area (Å²) in [5.41, 5.74) is 5.98. The van der Waals surface area contributed by atoms with Crippen LogP contribution in [-0.2, 0) is 12.6 Å². The molecule has 1 fully saturated rings. The van der Waals surface area contributed by atoms with Crippen molar-refractivity contribution in [2.75, 3.05) is 26.2 Å². The van der Waals surface area contributed by atoms with Gasteiger partial charge in [0.15, 0.2) is 0 Å². The summed E-state index contributed by atoms with van der Waals surface area (Å²) < 4.78 is 37.5. The third-order valence-electron chi connectivity index (χ3n) is 3.68. The number of hydrogen-bond acceptors (Lipinski definition) is 3. The second kappa shape index (κ2) is 5.71. The van der Waals surface area contributed by atoms with Gasteiger partial charge in [0.25, 0.3) is 0 Å². The van der Waals surface area contributed by atoms with E-state index in [0.29, 0.717) is 6.42 Å². The Morgan fingerprint density at radius 2 is 1.70 bits per heavy atom. The Bertz CT molecular complexity index is 434. The zero-order chi connectivity index (χ0) is 14.8. The molecule has 1 heterocycles. The number of nitrogens with zero attached hydrogens (tertiary/aromatic N) is 1. The molecule has 1 atom stereocenters. The highest BCUT2D eigenvalue weighted by Crippen LogP contribution is 2.29. The van der Waals surface area contributed by atoms with Crippen LogP contribution >= 0.6 is 0 Å². The maximum atomic E-state index is 12.5. The Morgan fingerprint density at radius 3 is 2.20 bits per heavy atom. The number of rotatable bonds is 3. The van der Waals surface area contributed by atoms with Crippen molar-refractivity contribution in [3.05, 3.63) is 35.4 Å². The quantitative estimate of drug-likeness (QED) is 0.891. The van der Waals surface area contributed by atoms with Crippen LogP contribution in [0.25, 0.3) is 0 Å². The molecule has 1 aromatic carbocycles. The molecule has 6 heteroatoms. The first-order chi connectivity index (χ1) is 9.29. The van der Waals surface area contributed by atoms with Gasteiger partial charge < -0.3 is 11.1 Å². The molecule has 20 heavy (non-hydrogen) atoms. The van der Waals surface area contributed by atoms with Crippen molar-refractivity contribution >= 4 is 0 Å². The molecule has 0 amide bonds. The number of piperazine rings is 1. The largest absolute Gasteiger partial charge is 0.416 e. The van der Waals surface area contributed by atoms with Crippen LogP contribution in [0, 0.1) is 0 Å². The van der Waals surface area contributed by atoms with Crippen molar-refractivity contribution in [1.82, 2.24) is 10.2 Å². The van der Waals surface area contributed by atoms with E-state index in [-0.39, 0.29) is 0 Å². The lowest BCUT2D eigenvalue weighted by atomic mass is 9.98. The number of nitrogens with two attached hydrogens (primary N) is 1. The second-order valence-electron chi connectivity index (χ2n) is 5.47. The molecule has 112 valence electrons. The van der Waals surface area contributed by atoms with Gasteiger partial charge in [-0.15, -0.1) is 0 Å². The molecule has 1 saturated heterocycles. The second-order valence-corrected chi connectivity index (χ2v) is 5.47. The van der Waals surface area contributed by atoms with Crippen molar-refractivity contribution in [3.8, 4) is 0 Å². The number of benzene rings is 1. The average molecular weight is 287 g/mol. The van der Waals surface area contributed by atoms with Crippen LogP contribution in [0.4, 0.5) is 13.2 Å². The Balaban J connectivity index is 2.05. The predicted molar refractivity (Wildman–Crippen MR) is 72.2 cm³/mol. The van der Waals surface area contributed by atoms with Crippen molar-refractivity contribution < 1.29 is 13.2 Å². The van der Waals surface area contributed by atoms with Gasteiger partial charge in [0.1, 0.15) is 0 Å². The predicted octanol–water partition coefficient (Wildman–Crippen LogP) is 1.83. The van der Waals surface area contributed by atoms with E-state index in [1.165, 1.54) is 12.1 Å². The number of alkyl halides is 3. The first kappa shape index (κ1) is 15.3. The zero-order valence-corrected chi connectivity index (χ0v) is 11.5. The van der Waals surface area contributed by atoms with Crippen molar-refractivity contribution in [2.24, 2.45) is 5.73 Å². The molecular weight excluding hydrogens is 267 g/mol. The van der Waals surface area contributed by atoms with E-state index in [2.05, 4.69) is 10.2 Å². The molecule has 1 aliphatic rings. The molecule has 0 bridgehead atoms. The molecule has 2 rings (SSSR count). The molecule has 1 aliphatic heterocycles. The van der Waals surface area contributed by atoms with Crippen molar-refractivity contribution in [3.63, 3.8) is 0 Å². The van der Waals surface area contributed by atoms with Crippen LogP contribution in [0.3, 0.4) is 0 Å². The van der Waals surface area contributed by atoms with E-state index in [1.54, 1.807) is 0 Å². The van der Waals surface area contributed by atoms with Crippen LogP contribution in [-0.4, -0.2) is 36.7 Å². The van der Waals surface area contributed by atoms with Crippen molar-refractivity contribution in [1.29, 1.82) is 0 Å². The zero-order valence-electron chi connectivity index (χ0n) is 11.5. The molecule has 1 aromatic rings. The topological polar surface area (TPSA) is 41.3 Å². The average Bonchev–Trinajstić information content (AvgIpc) is 2.39. The van der Waals surface area contributed by atoms with Gasteiger partial charge in [-0.2, -0.15) is 13.2 Å². The van der Waals surface area contributed by atoms with E-state index in [1.807, 2.05) is 6.92 Å². The smallest absolute Gasteiger partial charge is 0.314 e. The third kappa shape index (κ3) is 3.71. The van der Waals surface area contributed by atoms with E-state index < -0.39 is 17.4 Å². The monoisotopic (exact) mass is 287 g/mol. The summed E-state index contributed by atoms with van der Waals surface area (Å²) in [5, 5.41) is 3.25. The molecule has 3 nitrogen and oxygen atoms in total. The summed E-state index contributed by atoms with van der Waals surface area (Å²) in [6, 6.07) is 5.25. The molecule has 3 N–H and O–H groups in total. The molecule has 0 radical (unpaired) electrons. The molecule has 1 unspecified atom stereocenters. The van der Waals surface area contributed by atoms with E-state index in [0.717, 1.165) is 43.9 Å². The third-order valence-corrected chi connectivity index (χ3v) is 3.68. The Hall–Kier alpha value is -1.11. The Labute approximate surface area is 116 Å². The van der Waals surface area contributed by atoms with E-state index >= 15 is 0 Å². The van der Waals surface area contributed by atoms with Gasteiger partial charge in [0, 0.05) is 32.6 Å². The maximum absolute atomic E-state index is 12.5. The Morgan fingerprint density at radius 1 is 1.15 bits per heavy atom. The maximum Gasteiger partial charge on any atom is 0.416 e. The highest BCUT2D eigenvalue weighted by molar-refractivity contribution is 5.25. The van der Waals surface area contributed by atoms with Crippen LogP contribution < -0.4 is 11.1 Å². The summed E-state index contributed by atoms with van der Waals surface area (Å²) in [4.78, 5) is 2.17. The highest BCUT2D eigenvalue weighted by Gasteiger charge is 2.31. The fourth-order valence-corrected chi connectivity index (χ4v) is 2.51. The lowest BCUT2D eigenvalue weighted by Gasteiger charge is -2.41. The summed E-state index contributed by atoms with van der Waals surface area (Å²) >= 11 is 0. The fourth-order valence-electron chi connectivity index (χ4n) is 2.51. The minimum Gasteiger partial charge on any atom is -0.314 e. The minimum atomic E-state index is -4.29. The summed E-state index contributed by atoms with van der Waals surface area (Å²) in [5.74, 6) is 0. The normalized spacial score (nSPS) is 20.6. The highest BCUT2D eigenvalue weighted by atomic mass is 19.4. The van der Waals surface area contributed by atoms with Crippen molar-refractivity contribution in [2.45, 2.75) is 25.2 Å². The van der Waals surface area contributed by atoms with Crippen LogP contribution in [0.5, 0.6) is 0 Å². The fraction of sp³-hybridized carbons (Fsp3) is 0.571. The van der Waals surface area contributed by atoms with Gasteiger partial charge >= 0.3 is 6.18 Å². The lowest BCUT2D eigenvalue weighted by Crippen LogP contribution is -2.60. The number of nitrogens with one attached hydrogen (secondary N) is 1. The molecule has 0 aliphatic carbocycles. The van der Waals surface area contributed by atoms with Gasteiger partial charge in [-0.05, 0) is 24.6 Å². The number of halogens is 3. The summed E-state index contributed by atoms with van der Waals surface area (Å²) in [7, 11) is 0. The molecule has 0 spiro atoms. The minimum absolute atomic E-state index is 0.533. The van der Waals surface area contributed by atoms with Crippen LogP contribution in [0.1, 0.15) is 18.1 Å². The summed E-state index contributed by atoms with van der Waals surface area (Å²) in [6.07, 6.45) is -3.76. The SMILES string of the molecule is CC(N)(Cc1ccc(C(F)(F)F)cc1)N1CCNCC1. The Kier molecular flexibility index (Phi) is 4.36. The first-order valence-corrected chi connectivity index (χ1v) is 6.70. The van der Waals surface area contributed by atoms with E-state index in [9.17, 15) is 13.2 Å².